The zero-order valence-corrected chi connectivity index (χ0v) is 45.4. The number of aryl methyl sites for hydroxylation is 4. The van der Waals surface area contributed by atoms with E-state index in [-0.39, 0.29) is 61.0 Å². The normalized spacial score (nSPS) is 22.8. The molecule has 2 aliphatic heterocycles. The lowest BCUT2D eigenvalue weighted by atomic mass is 9.84. The number of ether oxygens (including phenoxy) is 2. The molecular formula is C62H74F2N8O6. The van der Waals surface area contributed by atoms with Crippen LogP contribution in [-0.2, 0) is 44.7 Å². The van der Waals surface area contributed by atoms with Crippen molar-refractivity contribution in [2.24, 2.45) is 23.7 Å². The van der Waals surface area contributed by atoms with E-state index >= 15 is 0 Å². The molecule has 8 aliphatic rings. The third kappa shape index (κ3) is 10.7. The second-order valence-corrected chi connectivity index (χ2v) is 23.3. The number of aromatic amines is 2. The van der Waals surface area contributed by atoms with Gasteiger partial charge in [0, 0.05) is 12.1 Å². The summed E-state index contributed by atoms with van der Waals surface area (Å²) in [4.78, 5) is 76.1. The number of nitrogens with zero attached hydrogens (tertiary/aromatic N) is 4. The van der Waals surface area contributed by atoms with Crippen LogP contribution in [0.5, 0.6) is 0 Å². The summed E-state index contributed by atoms with van der Waals surface area (Å²) in [5.74, 6) is 1.45. The third-order valence-electron chi connectivity index (χ3n) is 17.7. The molecule has 8 atom stereocenters. The number of likely N-dealkylation sites (tertiary alicyclic amines) is 2. The first kappa shape index (κ1) is 53.2. The van der Waals surface area contributed by atoms with E-state index in [1.54, 1.807) is 0 Å². The van der Waals surface area contributed by atoms with Gasteiger partial charge in [-0.05, 0) is 157 Å². The number of aromatic nitrogens is 4. The molecule has 6 aromatic rings. The van der Waals surface area contributed by atoms with Crippen LogP contribution in [0.1, 0.15) is 138 Å². The van der Waals surface area contributed by atoms with Gasteiger partial charge in [0.2, 0.25) is 11.8 Å². The lowest BCUT2D eigenvalue weighted by Gasteiger charge is -2.36. The van der Waals surface area contributed by atoms with Crippen LogP contribution in [0.4, 0.5) is 18.4 Å². The smallest absolute Gasteiger partial charge is 0.407 e. The second kappa shape index (κ2) is 22.9. The molecule has 4 N–H and O–H groups in total. The van der Waals surface area contributed by atoms with Crippen LogP contribution in [0.25, 0.3) is 44.3 Å². The van der Waals surface area contributed by atoms with Crippen molar-refractivity contribution in [3.63, 3.8) is 0 Å². The Hall–Kier alpha value is -6.84. The van der Waals surface area contributed by atoms with Crippen LogP contribution in [0, 0.1) is 23.7 Å². The van der Waals surface area contributed by atoms with Gasteiger partial charge < -0.3 is 39.9 Å². The molecule has 4 aromatic carbocycles. The summed E-state index contributed by atoms with van der Waals surface area (Å²) in [6.45, 7) is 5.31. The summed E-state index contributed by atoms with van der Waals surface area (Å²) < 4.78 is 35.7. The van der Waals surface area contributed by atoms with Crippen LogP contribution in [-0.4, -0.2) is 104 Å². The molecule has 14 nitrogen and oxygen atoms in total. The fourth-order valence-corrected chi connectivity index (χ4v) is 13.8. The predicted molar refractivity (Wildman–Crippen MR) is 296 cm³/mol. The van der Waals surface area contributed by atoms with Crippen molar-refractivity contribution in [1.82, 2.24) is 40.4 Å². The number of alkyl carbamates (subject to hydrolysis) is 2. The molecule has 78 heavy (non-hydrogen) atoms. The zero-order valence-electron chi connectivity index (χ0n) is 45.4. The average Bonchev–Trinajstić information content (AvgIpc) is 4.44. The number of benzene rings is 4. The van der Waals surface area contributed by atoms with Crippen molar-refractivity contribution in [2.75, 3.05) is 26.6 Å². The number of amides is 4. The Labute approximate surface area is 455 Å². The van der Waals surface area contributed by atoms with E-state index in [4.69, 9.17) is 19.4 Å². The number of carbonyl (C=O) groups excluding carboxylic acids is 4. The SMILES string of the molecule is CC(C)C(NC(=O)OCCF)C(=O)N1C(c2nc3ccc(-c4cc5ccc4CCc4ccc(c(-c6ccc7nc(C8CC9CCCCC9N8C(=O)C(NC(=O)OCCF)C(C)C)[nH]c7c6)c4)CC5)cc3[nH]2)CC2CCCCC21. The van der Waals surface area contributed by atoms with Gasteiger partial charge in [-0.1, -0.05) is 102 Å². The number of alkyl halides is 2. The molecule has 0 spiro atoms. The van der Waals surface area contributed by atoms with E-state index in [1.165, 1.54) is 33.4 Å². The van der Waals surface area contributed by atoms with Crippen LogP contribution in [0.2, 0.25) is 0 Å². The number of carbonyl (C=O) groups is 4. The Morgan fingerprint density at radius 1 is 0.577 bits per heavy atom. The topological polar surface area (TPSA) is 175 Å². The lowest BCUT2D eigenvalue weighted by Crippen LogP contribution is -2.54. The highest BCUT2D eigenvalue weighted by molar-refractivity contribution is 5.89. The average molecular weight is 1070 g/mol. The quantitative estimate of drug-likeness (QED) is 0.0834. The molecule has 2 aromatic heterocycles. The van der Waals surface area contributed by atoms with Crippen molar-refractivity contribution in [1.29, 1.82) is 0 Å². The highest BCUT2D eigenvalue weighted by Gasteiger charge is 2.50. The molecule has 412 valence electrons. The zero-order chi connectivity index (χ0) is 54.2. The van der Waals surface area contributed by atoms with Gasteiger partial charge in [-0.15, -0.1) is 0 Å². The van der Waals surface area contributed by atoms with Gasteiger partial charge in [-0.25, -0.2) is 28.3 Å². The number of halogens is 2. The number of rotatable bonds is 14. The number of H-pyrrole nitrogens is 2. The van der Waals surface area contributed by atoms with Gasteiger partial charge in [0.25, 0.3) is 0 Å². The summed E-state index contributed by atoms with van der Waals surface area (Å²) in [5.41, 5.74) is 13.1. The minimum Gasteiger partial charge on any atom is -0.447 e. The maximum atomic E-state index is 14.6. The first-order valence-corrected chi connectivity index (χ1v) is 28.7. The molecule has 4 amide bonds. The minimum atomic E-state index is -0.822. The van der Waals surface area contributed by atoms with Crippen molar-refractivity contribution < 1.29 is 37.4 Å². The summed E-state index contributed by atoms with van der Waals surface area (Å²) in [7, 11) is 0. The molecule has 4 bridgehead atoms. The van der Waals surface area contributed by atoms with Crippen molar-refractivity contribution >= 4 is 46.1 Å². The molecule has 4 fully saturated rings. The largest absolute Gasteiger partial charge is 0.447 e. The summed E-state index contributed by atoms with van der Waals surface area (Å²) >= 11 is 0. The molecule has 8 unspecified atom stereocenters. The number of imidazole rings is 2. The fraction of sp³-hybridized carbons (Fsp3) is 0.516. The van der Waals surface area contributed by atoms with E-state index in [2.05, 4.69) is 93.4 Å². The number of hydrogen-bond acceptors (Lipinski definition) is 8. The van der Waals surface area contributed by atoms with Crippen molar-refractivity contribution in [3.8, 4) is 22.3 Å². The number of nitrogens with one attached hydrogen (secondary N) is 4. The molecular weight excluding hydrogens is 991 g/mol. The Kier molecular flexibility index (Phi) is 15.6. The van der Waals surface area contributed by atoms with Gasteiger partial charge in [-0.3, -0.25) is 9.59 Å². The van der Waals surface area contributed by atoms with Gasteiger partial charge in [0.15, 0.2) is 0 Å². The fourth-order valence-electron chi connectivity index (χ4n) is 13.8. The highest BCUT2D eigenvalue weighted by Crippen LogP contribution is 2.48. The lowest BCUT2D eigenvalue weighted by molar-refractivity contribution is -0.139. The van der Waals surface area contributed by atoms with Crippen molar-refractivity contribution in [2.45, 2.75) is 154 Å². The highest BCUT2D eigenvalue weighted by atomic mass is 19.1. The van der Waals surface area contributed by atoms with Gasteiger partial charge in [0.1, 0.15) is 50.3 Å². The van der Waals surface area contributed by atoms with E-state index in [9.17, 15) is 28.0 Å². The van der Waals surface area contributed by atoms with Gasteiger partial charge in [0.05, 0.1) is 34.2 Å². The van der Waals surface area contributed by atoms with E-state index < -0.39 is 37.6 Å². The molecule has 2 saturated carbocycles. The standard InChI is InChI=1S/C62H74F2N8O6/c1-35(2)55(69-61(75)77-27-25-63)59(73)71-51-11-7-5-9-43(51)33-53(71)57-65-47-23-21-41(31-49(47)67-57)45-29-37-13-17-39(45)19-15-38-14-18-40(20-16-37)46(30-38)42-22-24-48-50(32-42)68-58(66-48)54-34-44-10-6-8-12-52(44)72(54)60(74)56(36(3)4)70-62(76)78-28-26-64/h13-14,17-18,21-24,29-32,35-36,43-44,51-56H,5-12,15-16,19-20,25-28,33-34H2,1-4H3,(H,65,67)(H,66,68)(H,69,75)(H,70,76). The first-order chi connectivity index (χ1) is 37.8. The van der Waals surface area contributed by atoms with Gasteiger partial charge >= 0.3 is 12.2 Å². The molecule has 14 rings (SSSR count). The molecule has 2 saturated heterocycles. The number of hydrogen-bond donors (Lipinski definition) is 4. The van der Waals surface area contributed by atoms with Gasteiger partial charge in [-0.2, -0.15) is 0 Å². The third-order valence-corrected chi connectivity index (χ3v) is 17.7. The Bertz CT molecular complexity index is 2980. The summed E-state index contributed by atoms with van der Waals surface area (Å²) in [5, 5.41) is 5.51. The minimum absolute atomic E-state index is 0.0472. The monoisotopic (exact) mass is 1060 g/mol. The molecule has 6 aliphatic carbocycles. The molecule has 16 heteroatoms. The maximum absolute atomic E-state index is 14.6. The predicted octanol–water partition coefficient (Wildman–Crippen LogP) is 11.8. The Balaban J connectivity index is 0.835. The van der Waals surface area contributed by atoms with Crippen molar-refractivity contribution in [3.05, 3.63) is 107 Å². The molecule has 4 heterocycles. The number of fused-ring (bicyclic) bond motifs is 4. The van der Waals surface area contributed by atoms with Crippen LogP contribution >= 0.6 is 0 Å². The van der Waals surface area contributed by atoms with E-state index in [1.807, 2.05) is 37.5 Å². The van der Waals surface area contributed by atoms with E-state index in [0.29, 0.717) is 11.8 Å². The Morgan fingerprint density at radius 2 is 1.00 bits per heavy atom. The second-order valence-electron chi connectivity index (χ2n) is 23.3. The van der Waals surface area contributed by atoms with Crippen LogP contribution in [0.3, 0.4) is 0 Å². The maximum Gasteiger partial charge on any atom is 0.407 e. The summed E-state index contributed by atoms with van der Waals surface area (Å²) in [6, 6.07) is 24.6. The summed E-state index contributed by atoms with van der Waals surface area (Å²) in [6.07, 6.45) is 11.6. The van der Waals surface area contributed by atoms with Crippen LogP contribution in [0.15, 0.2) is 72.8 Å². The molecule has 0 radical (unpaired) electrons. The van der Waals surface area contributed by atoms with E-state index in [0.717, 1.165) is 135 Å². The Morgan fingerprint density at radius 3 is 1.41 bits per heavy atom. The first-order valence-electron chi connectivity index (χ1n) is 28.7. The van der Waals surface area contributed by atoms with Crippen LogP contribution < -0.4 is 10.6 Å².